The molecule has 1 amide bonds. The van der Waals surface area contributed by atoms with E-state index in [1.54, 1.807) is 12.2 Å². The number of hydrogen-bond donors (Lipinski definition) is 0. The number of amides is 1. The molecule has 0 unspecified atom stereocenters. The lowest BCUT2D eigenvalue weighted by Gasteiger charge is -2.29. The molecule has 0 aromatic heterocycles. The SMILES string of the molecule is CC=CC(=O)N1CCC(C)CC1. The van der Waals surface area contributed by atoms with Crippen molar-refractivity contribution >= 4 is 5.91 Å². The van der Waals surface area contributed by atoms with E-state index >= 15 is 0 Å². The lowest BCUT2D eigenvalue weighted by atomic mass is 9.99. The number of hydrogen-bond acceptors (Lipinski definition) is 1. The molecule has 0 aromatic rings. The molecule has 0 aliphatic carbocycles. The average molecular weight is 167 g/mol. The summed E-state index contributed by atoms with van der Waals surface area (Å²) in [5, 5.41) is 0. The van der Waals surface area contributed by atoms with Crippen molar-refractivity contribution in [3.63, 3.8) is 0 Å². The lowest BCUT2D eigenvalue weighted by Crippen LogP contribution is -2.36. The highest BCUT2D eigenvalue weighted by Gasteiger charge is 2.17. The lowest BCUT2D eigenvalue weighted by molar-refractivity contribution is -0.127. The van der Waals surface area contributed by atoms with Crippen molar-refractivity contribution in [3.05, 3.63) is 12.2 Å². The molecule has 1 rings (SSSR count). The summed E-state index contributed by atoms with van der Waals surface area (Å²) in [6, 6.07) is 0. The van der Waals surface area contributed by atoms with E-state index in [4.69, 9.17) is 0 Å². The van der Waals surface area contributed by atoms with Gasteiger partial charge in [0.1, 0.15) is 0 Å². The first kappa shape index (κ1) is 9.30. The number of piperidine rings is 1. The maximum absolute atomic E-state index is 11.3. The number of nitrogens with zero attached hydrogens (tertiary/aromatic N) is 1. The van der Waals surface area contributed by atoms with E-state index in [1.165, 1.54) is 0 Å². The third kappa shape index (κ3) is 2.36. The van der Waals surface area contributed by atoms with Crippen LogP contribution in [0.4, 0.5) is 0 Å². The summed E-state index contributed by atoms with van der Waals surface area (Å²) in [5.41, 5.74) is 0. The smallest absolute Gasteiger partial charge is 0.246 e. The van der Waals surface area contributed by atoms with Crippen molar-refractivity contribution in [1.29, 1.82) is 0 Å². The fourth-order valence-electron chi connectivity index (χ4n) is 1.48. The molecule has 12 heavy (non-hydrogen) atoms. The molecule has 1 aliphatic heterocycles. The Morgan fingerprint density at radius 3 is 2.50 bits per heavy atom. The number of rotatable bonds is 1. The fraction of sp³-hybridized carbons (Fsp3) is 0.700. The Kier molecular flexibility index (Phi) is 3.32. The van der Waals surface area contributed by atoms with Crippen molar-refractivity contribution in [3.8, 4) is 0 Å². The predicted octanol–water partition coefficient (Wildman–Crippen LogP) is 1.82. The molecule has 1 fully saturated rings. The zero-order valence-corrected chi connectivity index (χ0v) is 7.92. The van der Waals surface area contributed by atoms with Gasteiger partial charge in [-0.15, -0.1) is 0 Å². The average Bonchev–Trinajstić information content (AvgIpc) is 2.06. The molecule has 0 saturated carbocycles. The molecule has 1 aliphatic rings. The Morgan fingerprint density at radius 1 is 1.42 bits per heavy atom. The summed E-state index contributed by atoms with van der Waals surface area (Å²) in [5.74, 6) is 0.962. The van der Waals surface area contributed by atoms with Crippen LogP contribution in [0.25, 0.3) is 0 Å². The van der Waals surface area contributed by atoms with Crippen molar-refractivity contribution in [2.75, 3.05) is 13.1 Å². The van der Waals surface area contributed by atoms with Crippen molar-refractivity contribution in [2.45, 2.75) is 26.7 Å². The van der Waals surface area contributed by atoms with Gasteiger partial charge in [-0.3, -0.25) is 4.79 Å². The molecule has 0 spiro atoms. The van der Waals surface area contributed by atoms with Crippen LogP contribution in [0.3, 0.4) is 0 Å². The third-order valence-electron chi connectivity index (χ3n) is 2.40. The van der Waals surface area contributed by atoms with Gasteiger partial charge in [0, 0.05) is 13.1 Å². The highest BCUT2D eigenvalue weighted by Crippen LogP contribution is 2.15. The van der Waals surface area contributed by atoms with Crippen LogP contribution in [0.15, 0.2) is 12.2 Å². The molecule has 0 aromatic carbocycles. The van der Waals surface area contributed by atoms with Gasteiger partial charge in [0.15, 0.2) is 0 Å². The van der Waals surface area contributed by atoms with E-state index in [1.807, 2.05) is 11.8 Å². The Labute approximate surface area is 74.2 Å². The van der Waals surface area contributed by atoms with Crippen molar-refractivity contribution in [2.24, 2.45) is 5.92 Å². The first-order valence-corrected chi connectivity index (χ1v) is 4.65. The van der Waals surface area contributed by atoms with Crippen LogP contribution in [-0.2, 0) is 4.79 Å². The van der Waals surface area contributed by atoms with Gasteiger partial charge < -0.3 is 4.90 Å². The van der Waals surface area contributed by atoms with E-state index in [9.17, 15) is 4.79 Å². The maximum Gasteiger partial charge on any atom is 0.246 e. The molecule has 1 heterocycles. The van der Waals surface area contributed by atoms with Gasteiger partial charge in [0.05, 0.1) is 0 Å². The predicted molar refractivity (Wildman–Crippen MR) is 49.8 cm³/mol. The molecule has 2 heteroatoms. The minimum atomic E-state index is 0.171. The van der Waals surface area contributed by atoms with Crippen LogP contribution in [0.1, 0.15) is 26.7 Å². The van der Waals surface area contributed by atoms with Gasteiger partial charge in [0.2, 0.25) is 5.91 Å². The zero-order chi connectivity index (χ0) is 8.97. The third-order valence-corrected chi connectivity index (χ3v) is 2.40. The Balaban J connectivity index is 2.39. The van der Waals surface area contributed by atoms with Gasteiger partial charge in [-0.2, -0.15) is 0 Å². The Morgan fingerprint density at radius 2 is 2.00 bits per heavy atom. The fourth-order valence-corrected chi connectivity index (χ4v) is 1.48. The standard InChI is InChI=1S/C10H17NO/c1-3-4-10(12)11-7-5-9(2)6-8-11/h3-4,9H,5-8H2,1-2H3. The highest BCUT2D eigenvalue weighted by molar-refractivity contribution is 5.87. The molecule has 0 bridgehead atoms. The van der Waals surface area contributed by atoms with Crippen LogP contribution < -0.4 is 0 Å². The Bertz CT molecular complexity index is 178. The van der Waals surface area contributed by atoms with Crippen LogP contribution in [0.5, 0.6) is 0 Å². The largest absolute Gasteiger partial charge is 0.339 e. The second-order valence-corrected chi connectivity index (χ2v) is 3.51. The van der Waals surface area contributed by atoms with Gasteiger partial charge in [-0.1, -0.05) is 13.0 Å². The summed E-state index contributed by atoms with van der Waals surface area (Å²) >= 11 is 0. The molecular weight excluding hydrogens is 150 g/mol. The van der Waals surface area contributed by atoms with Crippen LogP contribution >= 0.6 is 0 Å². The minimum absolute atomic E-state index is 0.171. The summed E-state index contributed by atoms with van der Waals surface area (Å²) < 4.78 is 0. The summed E-state index contributed by atoms with van der Waals surface area (Å²) in [7, 11) is 0. The van der Waals surface area contributed by atoms with Gasteiger partial charge in [0.25, 0.3) is 0 Å². The second kappa shape index (κ2) is 4.29. The number of carbonyl (C=O) groups is 1. The Hall–Kier alpha value is -0.790. The van der Waals surface area contributed by atoms with Gasteiger partial charge in [-0.25, -0.2) is 0 Å². The molecular formula is C10H17NO. The van der Waals surface area contributed by atoms with Crippen molar-refractivity contribution in [1.82, 2.24) is 4.90 Å². The molecule has 0 N–H and O–H groups in total. The van der Waals surface area contributed by atoms with Gasteiger partial charge in [-0.05, 0) is 31.8 Å². The number of likely N-dealkylation sites (tertiary alicyclic amines) is 1. The van der Waals surface area contributed by atoms with Crippen LogP contribution in [-0.4, -0.2) is 23.9 Å². The molecule has 2 nitrogen and oxygen atoms in total. The molecule has 1 saturated heterocycles. The summed E-state index contributed by atoms with van der Waals surface area (Å²) in [4.78, 5) is 13.3. The van der Waals surface area contributed by atoms with E-state index < -0.39 is 0 Å². The highest BCUT2D eigenvalue weighted by atomic mass is 16.2. The maximum atomic E-state index is 11.3. The number of carbonyl (C=O) groups excluding carboxylic acids is 1. The van der Waals surface area contributed by atoms with Gasteiger partial charge >= 0.3 is 0 Å². The first-order valence-electron chi connectivity index (χ1n) is 4.65. The molecule has 0 atom stereocenters. The topological polar surface area (TPSA) is 20.3 Å². The van der Waals surface area contributed by atoms with Crippen LogP contribution in [0.2, 0.25) is 0 Å². The zero-order valence-electron chi connectivity index (χ0n) is 7.92. The van der Waals surface area contributed by atoms with E-state index in [2.05, 4.69) is 6.92 Å². The van der Waals surface area contributed by atoms with E-state index in [0.717, 1.165) is 31.8 Å². The summed E-state index contributed by atoms with van der Waals surface area (Å²) in [6.45, 7) is 6.00. The normalized spacial score (nSPS) is 20.3. The molecule has 68 valence electrons. The van der Waals surface area contributed by atoms with Crippen LogP contribution in [0, 0.1) is 5.92 Å². The van der Waals surface area contributed by atoms with E-state index in [0.29, 0.717) is 0 Å². The summed E-state index contributed by atoms with van der Waals surface area (Å²) in [6.07, 6.45) is 5.77. The molecule has 0 radical (unpaired) electrons. The van der Waals surface area contributed by atoms with E-state index in [-0.39, 0.29) is 5.91 Å². The first-order chi connectivity index (χ1) is 5.74. The van der Waals surface area contributed by atoms with Crippen molar-refractivity contribution < 1.29 is 4.79 Å². The minimum Gasteiger partial charge on any atom is -0.339 e. The monoisotopic (exact) mass is 167 g/mol. The quantitative estimate of drug-likeness (QED) is 0.545. The second-order valence-electron chi connectivity index (χ2n) is 3.51. The number of allylic oxidation sites excluding steroid dienone is 1.